The Morgan fingerprint density at radius 2 is 2.22 bits per heavy atom. The standard InChI is InChI=1S/C12H13N3O3/c1-7-5-11(18-15-7)14-12(16)8-3-4-10(17-2)9(13)6-8/h3-6H,13H2,1-2H3,(H,14,16). The Kier molecular flexibility index (Phi) is 3.18. The summed E-state index contributed by atoms with van der Waals surface area (Å²) in [6, 6.07) is 6.42. The van der Waals surface area contributed by atoms with E-state index >= 15 is 0 Å². The Hall–Kier alpha value is -2.50. The van der Waals surface area contributed by atoms with Crippen LogP contribution in [0, 0.1) is 6.92 Å². The first-order valence-electron chi connectivity index (χ1n) is 5.28. The number of carbonyl (C=O) groups is 1. The number of benzene rings is 1. The molecule has 0 saturated heterocycles. The molecular weight excluding hydrogens is 234 g/mol. The van der Waals surface area contributed by atoms with E-state index in [-0.39, 0.29) is 5.91 Å². The van der Waals surface area contributed by atoms with Crippen molar-refractivity contribution in [3.8, 4) is 5.75 Å². The van der Waals surface area contributed by atoms with E-state index in [1.807, 2.05) is 0 Å². The lowest BCUT2D eigenvalue weighted by molar-refractivity contribution is 0.102. The monoisotopic (exact) mass is 247 g/mol. The van der Waals surface area contributed by atoms with E-state index in [0.717, 1.165) is 0 Å². The number of rotatable bonds is 3. The molecule has 0 spiro atoms. The van der Waals surface area contributed by atoms with Gasteiger partial charge in [-0.25, -0.2) is 0 Å². The summed E-state index contributed by atoms with van der Waals surface area (Å²) in [5, 5.41) is 6.25. The van der Waals surface area contributed by atoms with E-state index < -0.39 is 0 Å². The van der Waals surface area contributed by atoms with Gasteiger partial charge in [0.1, 0.15) is 5.75 Å². The molecule has 0 aliphatic heterocycles. The van der Waals surface area contributed by atoms with E-state index in [9.17, 15) is 4.79 Å². The predicted molar refractivity (Wildman–Crippen MR) is 66.6 cm³/mol. The first-order chi connectivity index (χ1) is 8.60. The molecule has 1 aromatic heterocycles. The molecule has 0 atom stereocenters. The third-order valence-electron chi connectivity index (χ3n) is 2.36. The van der Waals surface area contributed by atoms with E-state index in [4.69, 9.17) is 15.0 Å². The van der Waals surface area contributed by atoms with Gasteiger partial charge < -0.3 is 15.0 Å². The number of carbonyl (C=O) groups excluding carboxylic acids is 1. The molecule has 6 heteroatoms. The fourth-order valence-corrected chi connectivity index (χ4v) is 1.48. The van der Waals surface area contributed by atoms with Crippen molar-refractivity contribution in [2.45, 2.75) is 6.92 Å². The van der Waals surface area contributed by atoms with E-state index in [1.165, 1.54) is 13.2 Å². The van der Waals surface area contributed by atoms with Gasteiger partial charge >= 0.3 is 0 Å². The highest BCUT2D eigenvalue weighted by atomic mass is 16.5. The highest BCUT2D eigenvalue weighted by molar-refractivity contribution is 6.04. The van der Waals surface area contributed by atoms with Crippen molar-refractivity contribution >= 4 is 17.5 Å². The number of amides is 1. The number of nitrogens with one attached hydrogen (secondary N) is 1. The second kappa shape index (κ2) is 4.79. The normalized spacial score (nSPS) is 10.1. The summed E-state index contributed by atoms with van der Waals surface area (Å²) in [7, 11) is 1.52. The van der Waals surface area contributed by atoms with E-state index in [2.05, 4.69) is 10.5 Å². The van der Waals surface area contributed by atoms with Crippen molar-refractivity contribution in [2.75, 3.05) is 18.2 Å². The molecule has 6 nitrogen and oxygen atoms in total. The summed E-state index contributed by atoms with van der Waals surface area (Å²) in [6.45, 7) is 1.77. The second-order valence-corrected chi connectivity index (χ2v) is 3.74. The van der Waals surface area contributed by atoms with Crippen LogP contribution in [0.25, 0.3) is 0 Å². The number of nitrogens with zero attached hydrogens (tertiary/aromatic N) is 1. The van der Waals surface area contributed by atoms with Gasteiger partial charge in [0.15, 0.2) is 0 Å². The molecule has 2 aromatic rings. The Labute approximate surface area is 104 Å². The highest BCUT2D eigenvalue weighted by Crippen LogP contribution is 2.22. The lowest BCUT2D eigenvalue weighted by Gasteiger charge is -2.06. The molecule has 3 N–H and O–H groups in total. The maximum Gasteiger partial charge on any atom is 0.258 e. The van der Waals surface area contributed by atoms with Crippen molar-refractivity contribution < 1.29 is 14.1 Å². The predicted octanol–water partition coefficient (Wildman–Crippen LogP) is 1.83. The van der Waals surface area contributed by atoms with Crippen molar-refractivity contribution in [3.05, 3.63) is 35.5 Å². The zero-order valence-electron chi connectivity index (χ0n) is 10.1. The summed E-state index contributed by atoms with van der Waals surface area (Å²) in [4.78, 5) is 11.9. The van der Waals surface area contributed by atoms with Gasteiger partial charge in [-0.2, -0.15) is 0 Å². The molecular formula is C12H13N3O3. The van der Waals surface area contributed by atoms with Gasteiger partial charge in [0.25, 0.3) is 5.91 Å². The first kappa shape index (κ1) is 12.0. The van der Waals surface area contributed by atoms with Crippen LogP contribution in [0.4, 0.5) is 11.6 Å². The SMILES string of the molecule is COc1ccc(C(=O)Nc2cc(C)no2)cc1N. The van der Waals surface area contributed by atoms with Crippen LogP contribution in [0.1, 0.15) is 16.1 Å². The van der Waals surface area contributed by atoms with Gasteiger partial charge in [0.05, 0.1) is 18.5 Å². The summed E-state index contributed by atoms with van der Waals surface area (Å²) in [5.74, 6) is 0.509. The minimum atomic E-state index is -0.319. The molecule has 1 heterocycles. The maximum absolute atomic E-state index is 11.9. The van der Waals surface area contributed by atoms with Crippen LogP contribution in [0.5, 0.6) is 5.75 Å². The van der Waals surface area contributed by atoms with Gasteiger partial charge in [-0.3, -0.25) is 10.1 Å². The zero-order valence-corrected chi connectivity index (χ0v) is 10.1. The molecule has 0 fully saturated rings. The van der Waals surface area contributed by atoms with Crippen LogP contribution in [0.2, 0.25) is 0 Å². The molecule has 0 bridgehead atoms. The number of nitrogen functional groups attached to an aromatic ring is 1. The van der Waals surface area contributed by atoms with Gasteiger partial charge in [0, 0.05) is 11.6 Å². The third-order valence-corrected chi connectivity index (χ3v) is 2.36. The fraction of sp³-hybridized carbons (Fsp3) is 0.167. The minimum absolute atomic E-state index is 0.298. The maximum atomic E-state index is 11.9. The van der Waals surface area contributed by atoms with Crippen molar-refractivity contribution in [1.82, 2.24) is 5.16 Å². The average molecular weight is 247 g/mol. The van der Waals surface area contributed by atoms with Crippen LogP contribution in [-0.2, 0) is 0 Å². The van der Waals surface area contributed by atoms with Gasteiger partial charge in [-0.05, 0) is 25.1 Å². The summed E-state index contributed by atoms with van der Waals surface area (Å²) in [6.07, 6.45) is 0. The van der Waals surface area contributed by atoms with Crippen LogP contribution in [-0.4, -0.2) is 18.2 Å². The van der Waals surface area contributed by atoms with E-state index in [0.29, 0.717) is 28.6 Å². The summed E-state index contributed by atoms with van der Waals surface area (Å²) >= 11 is 0. The second-order valence-electron chi connectivity index (χ2n) is 3.74. The lowest BCUT2D eigenvalue weighted by Crippen LogP contribution is -2.11. The molecule has 1 aromatic carbocycles. The molecule has 0 aliphatic rings. The molecule has 0 radical (unpaired) electrons. The molecule has 94 valence electrons. The third kappa shape index (κ3) is 2.42. The number of methoxy groups -OCH3 is 1. The topological polar surface area (TPSA) is 90.4 Å². The number of nitrogens with two attached hydrogens (primary N) is 1. The van der Waals surface area contributed by atoms with Crippen LogP contribution < -0.4 is 15.8 Å². The minimum Gasteiger partial charge on any atom is -0.495 e. The molecule has 0 saturated carbocycles. The lowest BCUT2D eigenvalue weighted by atomic mass is 10.2. The number of aryl methyl sites for hydroxylation is 1. The number of hydrogen-bond acceptors (Lipinski definition) is 5. The number of anilines is 2. The van der Waals surface area contributed by atoms with Crippen molar-refractivity contribution in [2.24, 2.45) is 0 Å². The van der Waals surface area contributed by atoms with Gasteiger partial charge in [0.2, 0.25) is 5.88 Å². The molecule has 1 amide bonds. The summed E-state index contributed by atoms with van der Waals surface area (Å²) in [5.41, 5.74) is 7.24. The van der Waals surface area contributed by atoms with E-state index in [1.54, 1.807) is 25.1 Å². The number of ether oxygens (including phenoxy) is 1. The smallest absolute Gasteiger partial charge is 0.258 e. The van der Waals surface area contributed by atoms with Gasteiger partial charge in [-0.1, -0.05) is 5.16 Å². The average Bonchev–Trinajstić information content (AvgIpc) is 2.74. The zero-order chi connectivity index (χ0) is 13.1. The van der Waals surface area contributed by atoms with Crippen LogP contribution >= 0.6 is 0 Å². The Morgan fingerprint density at radius 3 is 2.78 bits per heavy atom. The number of aromatic nitrogens is 1. The quantitative estimate of drug-likeness (QED) is 0.807. The van der Waals surface area contributed by atoms with Crippen LogP contribution in [0.15, 0.2) is 28.8 Å². The first-order valence-corrected chi connectivity index (χ1v) is 5.28. The van der Waals surface area contributed by atoms with Crippen molar-refractivity contribution in [3.63, 3.8) is 0 Å². The fourth-order valence-electron chi connectivity index (χ4n) is 1.48. The van der Waals surface area contributed by atoms with Gasteiger partial charge in [-0.15, -0.1) is 0 Å². The van der Waals surface area contributed by atoms with Crippen molar-refractivity contribution in [1.29, 1.82) is 0 Å². The molecule has 2 rings (SSSR count). The molecule has 18 heavy (non-hydrogen) atoms. The highest BCUT2D eigenvalue weighted by Gasteiger charge is 2.11. The Morgan fingerprint density at radius 1 is 1.44 bits per heavy atom. The Bertz CT molecular complexity index is 578. The summed E-state index contributed by atoms with van der Waals surface area (Å²) < 4.78 is 9.91. The molecule has 0 aliphatic carbocycles. The van der Waals surface area contributed by atoms with Crippen LogP contribution in [0.3, 0.4) is 0 Å². The molecule has 0 unspecified atom stereocenters. The number of hydrogen-bond donors (Lipinski definition) is 2. The largest absolute Gasteiger partial charge is 0.495 e. The Balaban J connectivity index is 2.16.